The number of hydrogen-bond acceptors (Lipinski definition) is 1. The number of anilines is 1. The van der Waals surface area contributed by atoms with Crippen LogP contribution in [-0.2, 0) is 12.8 Å². The van der Waals surface area contributed by atoms with Crippen molar-refractivity contribution in [3.8, 4) is 0 Å². The zero-order valence-corrected chi connectivity index (χ0v) is 15.0. The van der Waals surface area contributed by atoms with E-state index in [-0.39, 0.29) is 0 Å². The van der Waals surface area contributed by atoms with Crippen molar-refractivity contribution in [1.29, 1.82) is 0 Å². The van der Waals surface area contributed by atoms with Gasteiger partial charge in [-0.15, -0.1) is 0 Å². The third kappa shape index (κ3) is 3.08. The standard InChI is InChI=1S/C22H28N2/c1-17-7-8-18(2)22(15-17)24-13-11-23(12-14-24)21-10-9-19-5-3-4-6-20(19)16-21/h3-8,15,21H,9-14,16H2,1-2H3/p+1/t21-/m1/s1. The van der Waals surface area contributed by atoms with Gasteiger partial charge in [0.15, 0.2) is 0 Å². The van der Waals surface area contributed by atoms with Gasteiger partial charge in [-0.25, -0.2) is 0 Å². The number of fused-ring (bicyclic) bond motifs is 1. The highest BCUT2D eigenvalue weighted by atomic mass is 15.3. The molecule has 1 N–H and O–H groups in total. The van der Waals surface area contributed by atoms with Crippen LogP contribution in [0.15, 0.2) is 42.5 Å². The molecule has 0 radical (unpaired) electrons. The topological polar surface area (TPSA) is 7.68 Å². The van der Waals surface area contributed by atoms with E-state index in [1.165, 1.54) is 62.3 Å². The molecule has 0 spiro atoms. The van der Waals surface area contributed by atoms with Gasteiger partial charge in [0.2, 0.25) is 0 Å². The molecule has 0 unspecified atom stereocenters. The highest BCUT2D eigenvalue weighted by Crippen LogP contribution is 2.22. The molecular weight excluding hydrogens is 292 g/mol. The van der Waals surface area contributed by atoms with Gasteiger partial charge in [0.25, 0.3) is 0 Å². The molecule has 1 aliphatic heterocycles. The van der Waals surface area contributed by atoms with Crippen LogP contribution in [-0.4, -0.2) is 32.2 Å². The van der Waals surface area contributed by atoms with Crippen LogP contribution in [0.1, 0.15) is 28.7 Å². The smallest absolute Gasteiger partial charge is 0.0951 e. The van der Waals surface area contributed by atoms with Crippen molar-refractivity contribution in [3.05, 3.63) is 64.7 Å². The van der Waals surface area contributed by atoms with Gasteiger partial charge in [-0.3, -0.25) is 0 Å². The summed E-state index contributed by atoms with van der Waals surface area (Å²) in [6.45, 7) is 9.38. The SMILES string of the molecule is Cc1ccc(C)c(N2CC[NH+]([C@@H]3CCc4ccccc4C3)CC2)c1. The maximum atomic E-state index is 2.60. The molecule has 2 aliphatic rings. The lowest BCUT2D eigenvalue weighted by Gasteiger charge is -2.39. The van der Waals surface area contributed by atoms with E-state index in [2.05, 4.69) is 61.2 Å². The zero-order valence-electron chi connectivity index (χ0n) is 15.0. The lowest BCUT2D eigenvalue weighted by Crippen LogP contribution is -3.18. The van der Waals surface area contributed by atoms with Crippen LogP contribution in [0.2, 0.25) is 0 Å². The van der Waals surface area contributed by atoms with Gasteiger partial charge in [0.05, 0.1) is 32.2 Å². The van der Waals surface area contributed by atoms with Crippen molar-refractivity contribution in [1.82, 2.24) is 0 Å². The Morgan fingerprint density at radius 1 is 0.958 bits per heavy atom. The van der Waals surface area contributed by atoms with Gasteiger partial charge in [0.1, 0.15) is 0 Å². The summed E-state index contributed by atoms with van der Waals surface area (Å²) in [4.78, 5) is 4.42. The normalized spacial score (nSPS) is 21.6. The number of rotatable bonds is 2. The molecule has 1 fully saturated rings. The van der Waals surface area contributed by atoms with Crippen LogP contribution in [0.4, 0.5) is 5.69 Å². The van der Waals surface area contributed by atoms with Gasteiger partial charge in [-0.05, 0) is 48.6 Å². The molecule has 24 heavy (non-hydrogen) atoms. The molecule has 1 atom stereocenters. The summed E-state index contributed by atoms with van der Waals surface area (Å²) in [6.07, 6.45) is 3.90. The molecule has 0 aromatic heterocycles. The summed E-state index contributed by atoms with van der Waals surface area (Å²) < 4.78 is 0. The molecule has 1 aliphatic carbocycles. The fourth-order valence-electron chi connectivity index (χ4n) is 4.55. The monoisotopic (exact) mass is 321 g/mol. The van der Waals surface area contributed by atoms with Gasteiger partial charge >= 0.3 is 0 Å². The molecule has 126 valence electrons. The van der Waals surface area contributed by atoms with Crippen molar-refractivity contribution in [2.45, 2.75) is 39.2 Å². The van der Waals surface area contributed by atoms with E-state index >= 15 is 0 Å². The number of nitrogens with one attached hydrogen (secondary N) is 1. The quantitative estimate of drug-likeness (QED) is 0.893. The number of nitrogens with zero attached hydrogens (tertiary/aromatic N) is 1. The number of benzene rings is 2. The van der Waals surface area contributed by atoms with Crippen LogP contribution in [0.3, 0.4) is 0 Å². The Morgan fingerprint density at radius 2 is 1.71 bits per heavy atom. The first-order valence-electron chi connectivity index (χ1n) is 9.44. The highest BCUT2D eigenvalue weighted by molar-refractivity contribution is 5.55. The van der Waals surface area contributed by atoms with E-state index < -0.39 is 0 Å². The minimum Gasteiger partial charge on any atom is -0.360 e. The summed E-state index contributed by atoms with van der Waals surface area (Å²) in [7, 11) is 0. The van der Waals surface area contributed by atoms with Crippen LogP contribution >= 0.6 is 0 Å². The number of aryl methyl sites for hydroxylation is 3. The molecule has 0 bridgehead atoms. The summed E-state index contributed by atoms with van der Waals surface area (Å²) in [6, 6.07) is 16.7. The van der Waals surface area contributed by atoms with Crippen LogP contribution < -0.4 is 9.80 Å². The number of quaternary nitrogens is 1. The average molecular weight is 321 g/mol. The molecule has 1 heterocycles. The van der Waals surface area contributed by atoms with Gasteiger partial charge in [-0.2, -0.15) is 0 Å². The number of hydrogen-bond donors (Lipinski definition) is 1. The summed E-state index contributed by atoms with van der Waals surface area (Å²) in [5, 5.41) is 0. The van der Waals surface area contributed by atoms with E-state index in [4.69, 9.17) is 0 Å². The van der Waals surface area contributed by atoms with E-state index in [0.717, 1.165) is 6.04 Å². The Kier molecular flexibility index (Phi) is 4.32. The van der Waals surface area contributed by atoms with Crippen LogP contribution in [0.25, 0.3) is 0 Å². The van der Waals surface area contributed by atoms with E-state index in [0.29, 0.717) is 0 Å². The zero-order chi connectivity index (χ0) is 16.5. The molecule has 2 aromatic rings. The first-order chi connectivity index (χ1) is 11.7. The Labute approximate surface area is 146 Å². The van der Waals surface area contributed by atoms with Gasteiger partial charge < -0.3 is 9.80 Å². The predicted octanol–water partition coefficient (Wildman–Crippen LogP) is 2.57. The maximum Gasteiger partial charge on any atom is 0.0951 e. The fraction of sp³-hybridized carbons (Fsp3) is 0.455. The van der Waals surface area contributed by atoms with Crippen LogP contribution in [0.5, 0.6) is 0 Å². The Balaban J connectivity index is 1.41. The Morgan fingerprint density at radius 3 is 2.50 bits per heavy atom. The van der Waals surface area contributed by atoms with Crippen molar-refractivity contribution >= 4 is 5.69 Å². The highest BCUT2D eigenvalue weighted by Gasteiger charge is 2.30. The lowest BCUT2D eigenvalue weighted by molar-refractivity contribution is -0.926. The predicted molar refractivity (Wildman–Crippen MR) is 101 cm³/mol. The molecular formula is C22H29N2+. The number of piperazine rings is 1. The maximum absolute atomic E-state index is 2.60. The molecule has 2 heteroatoms. The third-order valence-electron chi connectivity index (χ3n) is 6.04. The first-order valence-corrected chi connectivity index (χ1v) is 9.44. The second-order valence-electron chi connectivity index (χ2n) is 7.64. The molecule has 0 saturated carbocycles. The molecule has 2 nitrogen and oxygen atoms in total. The minimum atomic E-state index is 0.820. The van der Waals surface area contributed by atoms with Gasteiger partial charge in [-0.1, -0.05) is 36.4 Å². The molecule has 4 rings (SSSR count). The molecule has 2 aromatic carbocycles. The second-order valence-corrected chi connectivity index (χ2v) is 7.64. The largest absolute Gasteiger partial charge is 0.360 e. The summed E-state index contributed by atoms with van der Waals surface area (Å²) in [5.74, 6) is 0. The van der Waals surface area contributed by atoms with E-state index in [1.807, 2.05) is 4.90 Å². The first kappa shape index (κ1) is 15.7. The van der Waals surface area contributed by atoms with Crippen molar-refractivity contribution in [3.63, 3.8) is 0 Å². The Bertz CT molecular complexity index is 714. The third-order valence-corrected chi connectivity index (χ3v) is 6.04. The summed E-state index contributed by atoms with van der Waals surface area (Å²) >= 11 is 0. The van der Waals surface area contributed by atoms with E-state index in [9.17, 15) is 0 Å². The van der Waals surface area contributed by atoms with Crippen molar-refractivity contribution < 1.29 is 4.90 Å². The second kappa shape index (κ2) is 6.60. The van der Waals surface area contributed by atoms with Crippen molar-refractivity contribution in [2.75, 3.05) is 31.1 Å². The van der Waals surface area contributed by atoms with Crippen molar-refractivity contribution in [2.24, 2.45) is 0 Å². The summed E-state index contributed by atoms with van der Waals surface area (Å²) in [5.41, 5.74) is 7.41. The Hall–Kier alpha value is -1.80. The molecule has 0 amide bonds. The fourth-order valence-corrected chi connectivity index (χ4v) is 4.55. The minimum absolute atomic E-state index is 0.820. The van der Waals surface area contributed by atoms with Gasteiger partial charge in [0, 0.05) is 18.5 Å². The lowest BCUT2D eigenvalue weighted by atomic mass is 9.87. The average Bonchev–Trinajstić information content (AvgIpc) is 2.63. The van der Waals surface area contributed by atoms with E-state index in [1.54, 1.807) is 11.1 Å². The van der Waals surface area contributed by atoms with Crippen LogP contribution in [0, 0.1) is 13.8 Å². The molecule has 1 saturated heterocycles.